The average molecular weight is 506 g/mol. The van der Waals surface area contributed by atoms with Crippen molar-refractivity contribution in [1.82, 2.24) is 19.5 Å². The van der Waals surface area contributed by atoms with Gasteiger partial charge in [-0.2, -0.15) is 0 Å². The zero-order valence-corrected chi connectivity index (χ0v) is 21.8. The van der Waals surface area contributed by atoms with E-state index in [-0.39, 0.29) is 18.2 Å². The predicted molar refractivity (Wildman–Crippen MR) is 144 cm³/mol. The molecule has 2 atom stereocenters. The summed E-state index contributed by atoms with van der Waals surface area (Å²) in [5.41, 5.74) is 5.91. The molecule has 8 nitrogen and oxygen atoms in total. The topological polar surface area (TPSA) is 84.2 Å². The number of fused-ring (bicyclic) bond motifs is 1. The van der Waals surface area contributed by atoms with Crippen LogP contribution in [0.1, 0.15) is 62.6 Å². The van der Waals surface area contributed by atoms with E-state index in [9.17, 15) is 5.11 Å². The lowest BCUT2D eigenvalue weighted by Crippen LogP contribution is -2.35. The molecule has 2 aliphatic heterocycles. The number of aliphatic hydroxyl groups excluding tert-OH is 1. The maximum atomic E-state index is 10.1. The van der Waals surface area contributed by atoms with Gasteiger partial charge in [-0.1, -0.05) is 24.3 Å². The number of rotatable bonds is 7. The number of anilines is 1. The molecule has 6 rings (SSSR count). The van der Waals surface area contributed by atoms with Gasteiger partial charge in [-0.25, -0.2) is 9.50 Å². The van der Waals surface area contributed by atoms with Crippen LogP contribution in [0.25, 0.3) is 16.6 Å². The van der Waals surface area contributed by atoms with E-state index in [1.165, 1.54) is 16.8 Å². The number of hydrogen-bond donors (Lipinski definition) is 2. The lowest BCUT2D eigenvalue weighted by Gasteiger charge is -2.26. The Hall–Kier alpha value is -2.52. The van der Waals surface area contributed by atoms with E-state index >= 15 is 0 Å². The van der Waals surface area contributed by atoms with Gasteiger partial charge in [0.1, 0.15) is 0 Å². The molecule has 4 heterocycles. The number of aliphatic hydroxyl groups is 1. The molecule has 0 radical (unpaired) electrons. The van der Waals surface area contributed by atoms with Crippen molar-refractivity contribution >= 4 is 11.5 Å². The summed E-state index contributed by atoms with van der Waals surface area (Å²) in [6.07, 6.45) is 7.80. The first-order valence-electron chi connectivity index (χ1n) is 14.0. The quantitative estimate of drug-likeness (QED) is 0.497. The summed E-state index contributed by atoms with van der Waals surface area (Å²) >= 11 is 0. The van der Waals surface area contributed by atoms with Crippen LogP contribution in [0, 0.1) is 0 Å². The summed E-state index contributed by atoms with van der Waals surface area (Å²) in [7, 11) is 0. The summed E-state index contributed by atoms with van der Waals surface area (Å²) in [6, 6.07) is 11.4. The molecule has 1 saturated carbocycles. The van der Waals surface area contributed by atoms with Crippen LogP contribution in [-0.2, 0) is 16.0 Å². The number of nitrogens with one attached hydrogen (secondary N) is 1. The van der Waals surface area contributed by atoms with Crippen molar-refractivity contribution in [2.45, 2.75) is 76.2 Å². The highest BCUT2D eigenvalue weighted by atomic mass is 16.5. The fourth-order valence-electron chi connectivity index (χ4n) is 6.08. The monoisotopic (exact) mass is 505 g/mol. The molecule has 1 aliphatic carbocycles. The number of hydrogen-bond acceptors (Lipinski definition) is 7. The van der Waals surface area contributed by atoms with Crippen LogP contribution in [-0.4, -0.2) is 75.8 Å². The second-order valence-corrected chi connectivity index (χ2v) is 10.9. The van der Waals surface area contributed by atoms with Crippen LogP contribution < -0.4 is 5.32 Å². The van der Waals surface area contributed by atoms with Crippen LogP contribution in [0.15, 0.2) is 36.5 Å². The van der Waals surface area contributed by atoms with Crippen molar-refractivity contribution in [3.8, 4) is 11.1 Å². The van der Waals surface area contributed by atoms with Gasteiger partial charge in [-0.3, -0.25) is 4.90 Å². The highest BCUT2D eigenvalue weighted by molar-refractivity contribution is 5.81. The summed E-state index contributed by atoms with van der Waals surface area (Å²) in [5, 5.41) is 18.6. The number of morpholine rings is 1. The van der Waals surface area contributed by atoms with Gasteiger partial charge >= 0.3 is 0 Å². The third kappa shape index (κ3) is 5.53. The molecule has 2 aromatic heterocycles. The molecular formula is C29H39N5O3. The van der Waals surface area contributed by atoms with E-state index in [2.05, 4.69) is 52.0 Å². The zero-order chi connectivity index (χ0) is 25.2. The molecule has 3 fully saturated rings. The third-order valence-electron chi connectivity index (χ3n) is 8.31. The predicted octanol–water partition coefficient (Wildman–Crippen LogP) is 4.23. The van der Waals surface area contributed by atoms with Gasteiger partial charge in [0, 0.05) is 43.4 Å². The number of nitrogens with zero attached hydrogens (tertiary/aromatic N) is 4. The molecule has 3 aromatic rings. The Morgan fingerprint density at radius 2 is 1.84 bits per heavy atom. The second kappa shape index (κ2) is 11.1. The van der Waals surface area contributed by atoms with Crippen molar-refractivity contribution in [2.24, 2.45) is 0 Å². The normalized spacial score (nSPS) is 25.9. The van der Waals surface area contributed by atoms with Gasteiger partial charge in [-0.15, -0.1) is 5.10 Å². The average Bonchev–Trinajstić information content (AvgIpc) is 3.59. The highest BCUT2D eigenvalue weighted by Gasteiger charge is 2.27. The van der Waals surface area contributed by atoms with Crippen LogP contribution in [0.4, 0.5) is 5.95 Å². The van der Waals surface area contributed by atoms with E-state index < -0.39 is 0 Å². The van der Waals surface area contributed by atoms with E-state index in [1.54, 1.807) is 0 Å². The van der Waals surface area contributed by atoms with E-state index in [0.717, 1.165) is 89.1 Å². The molecule has 1 aromatic carbocycles. The SMILES string of the molecule is C[C@H](Nc1ncc2c(-c3ccc(CN4CCOCC4)cc3)cc(C3CCC(O)CC3)n2n1)[C@H]1CCCO1. The van der Waals surface area contributed by atoms with Crippen LogP contribution >= 0.6 is 0 Å². The number of aromatic nitrogens is 3. The molecule has 3 aliphatic rings. The van der Waals surface area contributed by atoms with Crippen LogP contribution in [0.2, 0.25) is 0 Å². The van der Waals surface area contributed by atoms with E-state index in [1.807, 2.05) is 6.20 Å². The standard InChI is InChI=1S/C29H39N5O3/c1-20(28-3-2-14-37-28)31-29-30-18-27-25(17-26(34(27)32-29)23-8-10-24(35)11-9-23)22-6-4-21(5-7-22)19-33-12-15-36-16-13-33/h4-7,17-18,20,23-24,28,35H,2-3,8-16,19H2,1H3,(H,31,32)/t20-,23?,24?,28+/m0/s1. The lowest BCUT2D eigenvalue weighted by molar-refractivity contribution is 0.0342. The minimum atomic E-state index is -0.180. The molecule has 0 unspecified atom stereocenters. The van der Waals surface area contributed by atoms with Gasteiger partial charge in [0.15, 0.2) is 0 Å². The Morgan fingerprint density at radius 3 is 2.57 bits per heavy atom. The van der Waals surface area contributed by atoms with Crippen LogP contribution in [0.5, 0.6) is 0 Å². The van der Waals surface area contributed by atoms with E-state index in [0.29, 0.717) is 11.9 Å². The van der Waals surface area contributed by atoms with Crippen molar-refractivity contribution in [2.75, 3.05) is 38.2 Å². The number of benzene rings is 1. The highest BCUT2D eigenvalue weighted by Crippen LogP contribution is 2.37. The minimum absolute atomic E-state index is 0.155. The summed E-state index contributed by atoms with van der Waals surface area (Å²) in [5.74, 6) is 1.01. The molecule has 0 bridgehead atoms. The van der Waals surface area contributed by atoms with Gasteiger partial charge < -0.3 is 19.9 Å². The van der Waals surface area contributed by atoms with Crippen molar-refractivity contribution < 1.29 is 14.6 Å². The maximum Gasteiger partial charge on any atom is 0.241 e. The second-order valence-electron chi connectivity index (χ2n) is 10.9. The third-order valence-corrected chi connectivity index (χ3v) is 8.31. The molecular weight excluding hydrogens is 466 g/mol. The van der Waals surface area contributed by atoms with Crippen LogP contribution in [0.3, 0.4) is 0 Å². The summed E-state index contributed by atoms with van der Waals surface area (Å²) < 4.78 is 13.4. The first-order chi connectivity index (χ1) is 18.1. The Morgan fingerprint density at radius 1 is 1.05 bits per heavy atom. The fourth-order valence-corrected chi connectivity index (χ4v) is 6.08. The molecule has 37 heavy (non-hydrogen) atoms. The first-order valence-corrected chi connectivity index (χ1v) is 14.0. The Kier molecular flexibility index (Phi) is 7.42. The summed E-state index contributed by atoms with van der Waals surface area (Å²) in [6.45, 7) is 7.55. The molecule has 0 amide bonds. The number of ether oxygens (including phenoxy) is 2. The Bertz CT molecular complexity index is 1180. The maximum absolute atomic E-state index is 10.1. The van der Waals surface area contributed by atoms with Gasteiger partial charge in [-0.05, 0) is 62.6 Å². The summed E-state index contributed by atoms with van der Waals surface area (Å²) in [4.78, 5) is 7.16. The minimum Gasteiger partial charge on any atom is -0.393 e. The molecule has 2 saturated heterocycles. The zero-order valence-electron chi connectivity index (χ0n) is 21.8. The molecule has 8 heteroatoms. The molecule has 2 N–H and O–H groups in total. The molecule has 0 spiro atoms. The van der Waals surface area contributed by atoms with Gasteiger partial charge in [0.25, 0.3) is 0 Å². The Labute approximate surface area is 219 Å². The smallest absolute Gasteiger partial charge is 0.241 e. The lowest BCUT2D eigenvalue weighted by atomic mass is 9.85. The molecule has 198 valence electrons. The van der Waals surface area contributed by atoms with Crippen molar-refractivity contribution in [1.29, 1.82) is 0 Å². The van der Waals surface area contributed by atoms with E-state index in [4.69, 9.17) is 19.6 Å². The fraction of sp³-hybridized carbons (Fsp3) is 0.586. The van der Waals surface area contributed by atoms with Gasteiger partial charge in [0.2, 0.25) is 5.95 Å². The first kappa shape index (κ1) is 24.8. The largest absolute Gasteiger partial charge is 0.393 e. The van der Waals surface area contributed by atoms with Crippen molar-refractivity contribution in [3.63, 3.8) is 0 Å². The van der Waals surface area contributed by atoms with Crippen molar-refractivity contribution in [3.05, 3.63) is 47.8 Å². The Balaban J connectivity index is 1.29. The van der Waals surface area contributed by atoms with Gasteiger partial charge in [0.05, 0.1) is 43.2 Å².